The summed E-state index contributed by atoms with van der Waals surface area (Å²) >= 11 is 0. The summed E-state index contributed by atoms with van der Waals surface area (Å²) in [4.78, 5) is 3.96. The van der Waals surface area contributed by atoms with Crippen LogP contribution in [0.3, 0.4) is 0 Å². The number of nitrogen functional groups attached to an aromatic ring is 1. The normalized spacial score (nSPS) is 18.3. The van der Waals surface area contributed by atoms with Gasteiger partial charge in [0.25, 0.3) is 0 Å². The van der Waals surface area contributed by atoms with E-state index in [2.05, 4.69) is 20.5 Å². The van der Waals surface area contributed by atoms with Crippen LogP contribution in [0.5, 0.6) is 0 Å². The van der Waals surface area contributed by atoms with Crippen molar-refractivity contribution >= 4 is 11.9 Å². The molecule has 2 rings (SSSR count). The van der Waals surface area contributed by atoms with Gasteiger partial charge >= 0.3 is 0 Å². The zero-order chi connectivity index (χ0) is 9.80. The Bertz CT molecular complexity index is 281. The predicted molar refractivity (Wildman–Crippen MR) is 52.8 cm³/mol. The number of nitrogens with zero attached hydrogens (tertiary/aromatic N) is 2. The quantitative estimate of drug-likeness (QED) is 0.645. The van der Waals surface area contributed by atoms with E-state index in [-0.39, 0.29) is 0 Å². The zero-order valence-corrected chi connectivity index (χ0v) is 7.99. The van der Waals surface area contributed by atoms with Crippen LogP contribution in [-0.2, 0) is 4.74 Å². The van der Waals surface area contributed by atoms with E-state index in [1.807, 2.05) is 0 Å². The van der Waals surface area contributed by atoms with E-state index < -0.39 is 0 Å². The Morgan fingerprint density at radius 1 is 1.50 bits per heavy atom. The number of H-pyrrole nitrogens is 1. The number of hydrogen-bond donors (Lipinski definition) is 3. The molecule has 1 aromatic heterocycles. The van der Waals surface area contributed by atoms with Crippen molar-refractivity contribution in [2.45, 2.75) is 12.8 Å². The van der Waals surface area contributed by atoms with Gasteiger partial charge in [-0.25, -0.2) is 5.10 Å². The number of hydrogen-bond acceptors (Lipinski definition) is 5. The molecule has 0 saturated carbocycles. The van der Waals surface area contributed by atoms with Gasteiger partial charge in [-0.05, 0) is 18.8 Å². The van der Waals surface area contributed by atoms with Crippen molar-refractivity contribution in [3.05, 3.63) is 0 Å². The Hall–Kier alpha value is -1.30. The average molecular weight is 197 g/mol. The maximum atomic E-state index is 5.40. The lowest BCUT2D eigenvalue weighted by molar-refractivity contribution is 0.0699. The topological polar surface area (TPSA) is 88.8 Å². The van der Waals surface area contributed by atoms with Gasteiger partial charge in [0.2, 0.25) is 11.9 Å². The van der Waals surface area contributed by atoms with Crippen LogP contribution < -0.4 is 11.1 Å². The van der Waals surface area contributed by atoms with E-state index in [1.165, 1.54) is 0 Å². The minimum Gasteiger partial charge on any atom is -0.381 e. The minimum atomic E-state index is 0.347. The van der Waals surface area contributed by atoms with Crippen molar-refractivity contribution < 1.29 is 4.74 Å². The molecular formula is C8H15N5O. The lowest BCUT2D eigenvalue weighted by Crippen LogP contribution is -2.22. The molecule has 6 nitrogen and oxygen atoms in total. The zero-order valence-electron chi connectivity index (χ0n) is 7.99. The van der Waals surface area contributed by atoms with E-state index in [4.69, 9.17) is 10.5 Å². The highest BCUT2D eigenvalue weighted by atomic mass is 16.5. The summed E-state index contributed by atoms with van der Waals surface area (Å²) in [6, 6.07) is 0. The minimum absolute atomic E-state index is 0.347. The van der Waals surface area contributed by atoms with E-state index in [0.717, 1.165) is 32.6 Å². The highest BCUT2D eigenvalue weighted by Gasteiger charge is 2.13. The Kier molecular flexibility index (Phi) is 2.83. The molecule has 0 aliphatic carbocycles. The summed E-state index contributed by atoms with van der Waals surface area (Å²) < 4.78 is 5.27. The average Bonchev–Trinajstić information content (AvgIpc) is 2.63. The molecule has 0 atom stereocenters. The number of aromatic amines is 1. The summed E-state index contributed by atoms with van der Waals surface area (Å²) in [7, 11) is 0. The first-order valence-electron chi connectivity index (χ1n) is 4.84. The Morgan fingerprint density at radius 2 is 2.29 bits per heavy atom. The van der Waals surface area contributed by atoms with Crippen LogP contribution in [0.4, 0.5) is 11.9 Å². The molecule has 0 aromatic carbocycles. The molecule has 78 valence electrons. The summed E-state index contributed by atoms with van der Waals surface area (Å²) in [5, 5.41) is 9.63. The molecule has 0 unspecified atom stereocenters. The standard InChI is InChI=1S/C8H15N5O/c9-7-11-8(13-12-7)10-5-6-1-3-14-4-2-6/h6H,1-5H2,(H4,9,10,11,12,13). The number of nitrogens with one attached hydrogen (secondary N) is 2. The maximum absolute atomic E-state index is 5.40. The summed E-state index contributed by atoms with van der Waals surface area (Å²) in [5.41, 5.74) is 5.40. The molecule has 1 saturated heterocycles. The fourth-order valence-corrected chi connectivity index (χ4v) is 1.54. The number of ether oxygens (including phenoxy) is 1. The van der Waals surface area contributed by atoms with Crippen molar-refractivity contribution in [1.82, 2.24) is 15.2 Å². The lowest BCUT2D eigenvalue weighted by Gasteiger charge is -2.21. The molecule has 1 aliphatic rings. The fraction of sp³-hybridized carbons (Fsp3) is 0.750. The molecule has 1 fully saturated rings. The number of anilines is 2. The van der Waals surface area contributed by atoms with Crippen molar-refractivity contribution in [2.75, 3.05) is 30.8 Å². The van der Waals surface area contributed by atoms with E-state index in [0.29, 0.717) is 17.8 Å². The Balaban J connectivity index is 1.76. The maximum Gasteiger partial charge on any atom is 0.243 e. The van der Waals surface area contributed by atoms with Gasteiger partial charge in [0.15, 0.2) is 0 Å². The number of aromatic nitrogens is 3. The van der Waals surface area contributed by atoms with Crippen molar-refractivity contribution in [2.24, 2.45) is 5.92 Å². The van der Waals surface area contributed by atoms with Crippen molar-refractivity contribution in [1.29, 1.82) is 0 Å². The van der Waals surface area contributed by atoms with Gasteiger partial charge < -0.3 is 15.8 Å². The molecular weight excluding hydrogens is 182 g/mol. The lowest BCUT2D eigenvalue weighted by atomic mass is 10.0. The molecule has 6 heteroatoms. The van der Waals surface area contributed by atoms with Gasteiger partial charge in [-0.3, -0.25) is 0 Å². The SMILES string of the molecule is Nc1nc(NCC2CCOCC2)n[nH]1. The van der Waals surface area contributed by atoms with Gasteiger partial charge in [0.05, 0.1) is 0 Å². The van der Waals surface area contributed by atoms with Gasteiger partial charge in [-0.15, -0.1) is 5.10 Å². The van der Waals surface area contributed by atoms with E-state index in [9.17, 15) is 0 Å². The van der Waals surface area contributed by atoms with Crippen molar-refractivity contribution in [3.8, 4) is 0 Å². The van der Waals surface area contributed by atoms with Crippen LogP contribution in [0.25, 0.3) is 0 Å². The smallest absolute Gasteiger partial charge is 0.243 e. The van der Waals surface area contributed by atoms with Crippen LogP contribution >= 0.6 is 0 Å². The Labute approximate surface area is 82.2 Å². The molecule has 2 heterocycles. The first-order valence-corrected chi connectivity index (χ1v) is 4.84. The van der Waals surface area contributed by atoms with Crippen LogP contribution in [0.1, 0.15) is 12.8 Å². The monoisotopic (exact) mass is 197 g/mol. The largest absolute Gasteiger partial charge is 0.381 e. The Morgan fingerprint density at radius 3 is 2.93 bits per heavy atom. The molecule has 0 amide bonds. The molecule has 1 aliphatic heterocycles. The van der Waals surface area contributed by atoms with E-state index in [1.54, 1.807) is 0 Å². The molecule has 0 bridgehead atoms. The van der Waals surface area contributed by atoms with Gasteiger partial charge in [0, 0.05) is 19.8 Å². The van der Waals surface area contributed by atoms with Gasteiger partial charge in [-0.1, -0.05) is 0 Å². The van der Waals surface area contributed by atoms with Crippen molar-refractivity contribution in [3.63, 3.8) is 0 Å². The van der Waals surface area contributed by atoms with Crippen LogP contribution in [0, 0.1) is 5.92 Å². The first-order chi connectivity index (χ1) is 6.84. The second-order valence-corrected chi connectivity index (χ2v) is 3.48. The highest BCUT2D eigenvalue weighted by molar-refractivity contribution is 5.29. The molecule has 0 radical (unpaired) electrons. The molecule has 4 N–H and O–H groups in total. The van der Waals surface area contributed by atoms with E-state index >= 15 is 0 Å². The first kappa shape index (κ1) is 9.26. The second-order valence-electron chi connectivity index (χ2n) is 3.48. The number of rotatable bonds is 3. The third-order valence-corrected chi connectivity index (χ3v) is 2.39. The summed E-state index contributed by atoms with van der Waals surface area (Å²) in [6.07, 6.45) is 2.21. The van der Waals surface area contributed by atoms with Crippen LogP contribution in [-0.4, -0.2) is 34.9 Å². The predicted octanol–water partition coefficient (Wildman–Crippen LogP) is 0.225. The third-order valence-electron chi connectivity index (χ3n) is 2.39. The molecule has 0 spiro atoms. The van der Waals surface area contributed by atoms with Crippen LogP contribution in [0.15, 0.2) is 0 Å². The third kappa shape index (κ3) is 2.35. The van der Waals surface area contributed by atoms with Gasteiger partial charge in [0.1, 0.15) is 0 Å². The fourth-order valence-electron chi connectivity index (χ4n) is 1.54. The van der Waals surface area contributed by atoms with Gasteiger partial charge in [-0.2, -0.15) is 4.98 Å². The van der Waals surface area contributed by atoms with Crippen LogP contribution in [0.2, 0.25) is 0 Å². The summed E-state index contributed by atoms with van der Waals surface area (Å²) in [5.74, 6) is 1.58. The molecule has 1 aromatic rings. The highest BCUT2D eigenvalue weighted by Crippen LogP contribution is 2.14. The molecule has 14 heavy (non-hydrogen) atoms. The second kappa shape index (κ2) is 4.28. The number of nitrogens with two attached hydrogens (primary N) is 1. The summed E-state index contributed by atoms with van der Waals surface area (Å²) in [6.45, 7) is 2.62.